The number of hydrogen-bond acceptors (Lipinski definition) is 3. The number of nitrogens with one attached hydrogen (secondary N) is 1. The van der Waals surface area contributed by atoms with E-state index in [4.69, 9.17) is 0 Å². The van der Waals surface area contributed by atoms with E-state index < -0.39 is 0 Å². The Bertz CT molecular complexity index is 360. The molecular formula is C12H16N2O2. The topological polar surface area (TPSA) is 52.6 Å². The Balaban J connectivity index is 2.16. The van der Waals surface area contributed by atoms with Crippen LogP contribution in [0, 0.1) is 0 Å². The second-order valence-corrected chi connectivity index (χ2v) is 4.00. The molecule has 0 aromatic heterocycles. The van der Waals surface area contributed by atoms with Gasteiger partial charge in [-0.3, -0.25) is 4.79 Å². The van der Waals surface area contributed by atoms with Crippen molar-refractivity contribution in [2.45, 2.75) is 18.9 Å². The summed E-state index contributed by atoms with van der Waals surface area (Å²) < 4.78 is 0. The summed E-state index contributed by atoms with van der Waals surface area (Å²) >= 11 is 0. The average Bonchev–Trinajstić information content (AvgIpc) is 2.32. The van der Waals surface area contributed by atoms with Crippen molar-refractivity contribution in [3.8, 4) is 0 Å². The van der Waals surface area contributed by atoms with Gasteiger partial charge >= 0.3 is 0 Å². The van der Waals surface area contributed by atoms with E-state index in [-0.39, 0.29) is 6.10 Å². The maximum absolute atomic E-state index is 10.5. The molecule has 1 aliphatic heterocycles. The van der Waals surface area contributed by atoms with E-state index in [2.05, 4.69) is 10.2 Å². The number of benzene rings is 1. The van der Waals surface area contributed by atoms with Crippen molar-refractivity contribution in [2.24, 2.45) is 0 Å². The first-order chi connectivity index (χ1) is 7.81. The summed E-state index contributed by atoms with van der Waals surface area (Å²) in [6.45, 7) is 1.66. The molecule has 1 aromatic carbocycles. The quantitative estimate of drug-likeness (QED) is 0.753. The van der Waals surface area contributed by atoms with Crippen LogP contribution in [-0.2, 0) is 4.79 Å². The van der Waals surface area contributed by atoms with Crippen LogP contribution in [0.4, 0.5) is 11.4 Å². The predicted octanol–water partition coefficient (Wildman–Crippen LogP) is 1.22. The standard InChI is InChI=1S/C12H16N2O2/c15-9-13-11-3-1-2-4-12(11)14-7-5-10(16)6-8-14/h1-4,9-10,16H,5-8H2,(H,13,15). The van der Waals surface area contributed by atoms with E-state index in [9.17, 15) is 9.90 Å². The van der Waals surface area contributed by atoms with Gasteiger partial charge in [-0.2, -0.15) is 0 Å². The molecule has 86 valence electrons. The predicted molar refractivity (Wildman–Crippen MR) is 63.6 cm³/mol. The van der Waals surface area contributed by atoms with Crippen molar-refractivity contribution in [1.82, 2.24) is 0 Å². The van der Waals surface area contributed by atoms with Crippen LogP contribution in [0.15, 0.2) is 24.3 Å². The molecule has 0 radical (unpaired) electrons. The normalized spacial score (nSPS) is 17.2. The van der Waals surface area contributed by atoms with Crippen LogP contribution in [0.25, 0.3) is 0 Å². The molecule has 0 bridgehead atoms. The van der Waals surface area contributed by atoms with E-state index >= 15 is 0 Å². The van der Waals surface area contributed by atoms with Gasteiger partial charge in [-0.25, -0.2) is 0 Å². The number of para-hydroxylation sites is 2. The molecule has 0 unspecified atom stereocenters. The number of anilines is 2. The first kappa shape index (κ1) is 11.0. The third kappa shape index (κ3) is 2.33. The van der Waals surface area contributed by atoms with E-state index in [1.54, 1.807) is 0 Å². The lowest BCUT2D eigenvalue weighted by Crippen LogP contribution is -2.36. The fourth-order valence-corrected chi connectivity index (χ4v) is 2.04. The largest absolute Gasteiger partial charge is 0.393 e. The number of aliphatic hydroxyl groups excluding tert-OH is 1. The molecule has 1 heterocycles. The van der Waals surface area contributed by atoms with E-state index in [1.807, 2.05) is 24.3 Å². The zero-order valence-electron chi connectivity index (χ0n) is 9.10. The summed E-state index contributed by atoms with van der Waals surface area (Å²) in [6.07, 6.45) is 2.09. The molecule has 4 nitrogen and oxygen atoms in total. The molecule has 1 fully saturated rings. The highest BCUT2D eigenvalue weighted by molar-refractivity contribution is 5.81. The lowest BCUT2D eigenvalue weighted by Gasteiger charge is -2.32. The Labute approximate surface area is 94.9 Å². The number of carbonyl (C=O) groups is 1. The Kier molecular flexibility index (Phi) is 3.41. The zero-order chi connectivity index (χ0) is 11.4. The van der Waals surface area contributed by atoms with Crippen LogP contribution in [0.5, 0.6) is 0 Å². The van der Waals surface area contributed by atoms with E-state index in [0.29, 0.717) is 6.41 Å². The van der Waals surface area contributed by atoms with Gasteiger partial charge in [0.25, 0.3) is 0 Å². The van der Waals surface area contributed by atoms with Gasteiger partial charge < -0.3 is 15.3 Å². The molecule has 1 aliphatic rings. The summed E-state index contributed by atoms with van der Waals surface area (Å²) in [5.41, 5.74) is 1.86. The van der Waals surface area contributed by atoms with Gasteiger partial charge in [0.05, 0.1) is 17.5 Å². The minimum absolute atomic E-state index is 0.178. The Morgan fingerprint density at radius 2 is 2.00 bits per heavy atom. The van der Waals surface area contributed by atoms with Gasteiger partial charge in [-0.1, -0.05) is 12.1 Å². The van der Waals surface area contributed by atoms with Crippen LogP contribution in [0.2, 0.25) is 0 Å². The summed E-state index contributed by atoms with van der Waals surface area (Å²) in [4.78, 5) is 12.7. The molecule has 1 aromatic rings. The molecular weight excluding hydrogens is 204 g/mol. The third-order valence-electron chi connectivity index (χ3n) is 2.92. The van der Waals surface area contributed by atoms with Crippen LogP contribution >= 0.6 is 0 Å². The Morgan fingerprint density at radius 3 is 2.69 bits per heavy atom. The minimum Gasteiger partial charge on any atom is -0.393 e. The van der Waals surface area contributed by atoms with Crippen molar-refractivity contribution in [3.63, 3.8) is 0 Å². The molecule has 1 amide bonds. The molecule has 2 N–H and O–H groups in total. The molecule has 0 saturated carbocycles. The van der Waals surface area contributed by atoms with Crippen molar-refractivity contribution >= 4 is 17.8 Å². The number of aliphatic hydroxyl groups is 1. The SMILES string of the molecule is O=CNc1ccccc1N1CCC(O)CC1. The lowest BCUT2D eigenvalue weighted by atomic mass is 10.1. The monoisotopic (exact) mass is 220 g/mol. The first-order valence-electron chi connectivity index (χ1n) is 5.53. The second kappa shape index (κ2) is 4.99. The summed E-state index contributed by atoms with van der Waals surface area (Å²) in [7, 11) is 0. The Hall–Kier alpha value is -1.55. The van der Waals surface area contributed by atoms with Crippen LogP contribution in [-0.4, -0.2) is 30.7 Å². The van der Waals surface area contributed by atoms with Gasteiger partial charge in [-0.05, 0) is 25.0 Å². The molecule has 0 aliphatic carbocycles. The van der Waals surface area contributed by atoms with E-state index in [0.717, 1.165) is 37.3 Å². The van der Waals surface area contributed by atoms with Crippen molar-refractivity contribution in [3.05, 3.63) is 24.3 Å². The number of nitrogens with zero attached hydrogens (tertiary/aromatic N) is 1. The zero-order valence-corrected chi connectivity index (χ0v) is 9.10. The highest BCUT2D eigenvalue weighted by Gasteiger charge is 2.18. The van der Waals surface area contributed by atoms with Crippen molar-refractivity contribution < 1.29 is 9.90 Å². The first-order valence-corrected chi connectivity index (χ1v) is 5.53. The summed E-state index contributed by atoms with van der Waals surface area (Å²) in [5.74, 6) is 0. The molecule has 4 heteroatoms. The van der Waals surface area contributed by atoms with Gasteiger partial charge in [0.15, 0.2) is 0 Å². The highest BCUT2D eigenvalue weighted by Crippen LogP contribution is 2.27. The second-order valence-electron chi connectivity index (χ2n) is 4.00. The smallest absolute Gasteiger partial charge is 0.211 e. The molecule has 0 spiro atoms. The number of rotatable bonds is 3. The number of amides is 1. The minimum atomic E-state index is -0.178. The fraction of sp³-hybridized carbons (Fsp3) is 0.417. The third-order valence-corrected chi connectivity index (χ3v) is 2.92. The summed E-state index contributed by atoms with van der Waals surface area (Å²) in [6, 6.07) is 7.72. The van der Waals surface area contributed by atoms with Crippen LogP contribution in [0.1, 0.15) is 12.8 Å². The summed E-state index contributed by atoms with van der Waals surface area (Å²) in [5, 5.41) is 12.1. The number of piperidine rings is 1. The molecule has 0 atom stereocenters. The number of carbonyl (C=O) groups excluding carboxylic acids is 1. The molecule has 1 saturated heterocycles. The lowest BCUT2D eigenvalue weighted by molar-refractivity contribution is -0.105. The van der Waals surface area contributed by atoms with Gasteiger partial charge in [-0.15, -0.1) is 0 Å². The van der Waals surface area contributed by atoms with Gasteiger partial charge in [0.2, 0.25) is 6.41 Å². The molecule has 2 rings (SSSR count). The van der Waals surface area contributed by atoms with E-state index in [1.165, 1.54) is 0 Å². The van der Waals surface area contributed by atoms with Crippen molar-refractivity contribution in [1.29, 1.82) is 0 Å². The Morgan fingerprint density at radius 1 is 1.31 bits per heavy atom. The van der Waals surface area contributed by atoms with Gasteiger partial charge in [0, 0.05) is 13.1 Å². The van der Waals surface area contributed by atoms with Crippen LogP contribution < -0.4 is 10.2 Å². The fourth-order valence-electron chi connectivity index (χ4n) is 2.04. The molecule has 16 heavy (non-hydrogen) atoms. The van der Waals surface area contributed by atoms with Crippen molar-refractivity contribution in [2.75, 3.05) is 23.3 Å². The maximum atomic E-state index is 10.5. The maximum Gasteiger partial charge on any atom is 0.211 e. The highest BCUT2D eigenvalue weighted by atomic mass is 16.3. The average molecular weight is 220 g/mol. The number of hydrogen-bond donors (Lipinski definition) is 2. The van der Waals surface area contributed by atoms with Gasteiger partial charge in [0.1, 0.15) is 0 Å². The van der Waals surface area contributed by atoms with Crippen LogP contribution in [0.3, 0.4) is 0 Å².